The molecule has 0 saturated heterocycles. The minimum Gasteiger partial charge on any atom is -0.507 e. The van der Waals surface area contributed by atoms with Crippen LogP contribution in [0.15, 0.2) is 30.3 Å². The molecule has 0 amide bonds. The first kappa shape index (κ1) is 15.6. The average molecular weight is 349 g/mol. The summed E-state index contributed by atoms with van der Waals surface area (Å²) in [5, 5.41) is 22.0. The van der Waals surface area contributed by atoms with Crippen LogP contribution in [-0.2, 0) is 10.7 Å². The number of halogens is 2. The summed E-state index contributed by atoms with van der Waals surface area (Å²) >= 11 is 11.7. The lowest BCUT2D eigenvalue weighted by Gasteiger charge is -2.13. The maximum absolute atomic E-state index is 12.1. The molecule has 0 aliphatic rings. The average Bonchev–Trinajstić information content (AvgIpc) is 2.52. The van der Waals surface area contributed by atoms with Gasteiger partial charge in [-0.3, -0.25) is 9.59 Å². The number of hydrogen-bond acceptors (Lipinski definition) is 4. The summed E-state index contributed by atoms with van der Waals surface area (Å²) in [6, 6.07) is 7.57. The highest BCUT2D eigenvalue weighted by Gasteiger charge is 2.19. The van der Waals surface area contributed by atoms with Crippen LogP contribution in [0.1, 0.15) is 15.9 Å². The van der Waals surface area contributed by atoms with E-state index in [1.165, 1.54) is 18.2 Å². The number of hydrogen-bond donors (Lipinski definition) is 2. The smallest absolute Gasteiger partial charge is 0.226 e. The molecular formula is C17H10Cl2O4. The van der Waals surface area contributed by atoms with E-state index in [1.54, 1.807) is 12.1 Å². The van der Waals surface area contributed by atoms with Gasteiger partial charge in [0.25, 0.3) is 0 Å². The summed E-state index contributed by atoms with van der Waals surface area (Å²) in [7, 11) is 0. The zero-order valence-electron chi connectivity index (χ0n) is 11.6. The molecule has 0 bridgehead atoms. The summed E-state index contributed by atoms with van der Waals surface area (Å²) in [6.45, 7) is 0. The van der Waals surface area contributed by atoms with Crippen molar-refractivity contribution in [1.29, 1.82) is 0 Å². The number of carbonyl (C=O) groups is 2. The predicted octanol–water partition coefficient (Wildman–Crippen LogP) is 4.18. The van der Waals surface area contributed by atoms with Crippen LogP contribution in [0.2, 0.25) is 5.02 Å². The Kier molecular flexibility index (Phi) is 3.88. The molecule has 2 N–H and O–H groups in total. The van der Waals surface area contributed by atoms with E-state index in [1.807, 2.05) is 0 Å². The van der Waals surface area contributed by atoms with Crippen molar-refractivity contribution >= 4 is 56.8 Å². The number of ketones is 1. The zero-order chi connectivity index (χ0) is 16.7. The zero-order valence-corrected chi connectivity index (χ0v) is 13.1. The Balaban J connectivity index is 2.61. The molecule has 0 atom stereocenters. The highest BCUT2D eigenvalue weighted by molar-refractivity contribution is 6.41. The fourth-order valence-corrected chi connectivity index (χ4v) is 3.11. The third kappa shape index (κ3) is 2.50. The van der Waals surface area contributed by atoms with Crippen molar-refractivity contribution < 1.29 is 19.8 Å². The third-order valence-electron chi connectivity index (χ3n) is 3.66. The van der Waals surface area contributed by atoms with Crippen LogP contribution >= 0.6 is 23.2 Å². The second kappa shape index (κ2) is 5.72. The van der Waals surface area contributed by atoms with E-state index in [4.69, 9.17) is 23.2 Å². The number of aldehydes is 1. The number of Topliss-reactive ketones (excluding diaryl/α,β-unsaturated/α-hetero) is 1. The molecule has 0 aliphatic carbocycles. The number of benzene rings is 3. The van der Waals surface area contributed by atoms with Gasteiger partial charge in [0.05, 0.1) is 0 Å². The van der Waals surface area contributed by atoms with E-state index in [9.17, 15) is 19.8 Å². The normalized spacial score (nSPS) is 11.0. The number of aromatic hydroxyl groups is 2. The van der Waals surface area contributed by atoms with Crippen molar-refractivity contribution in [2.45, 2.75) is 5.88 Å². The molecule has 23 heavy (non-hydrogen) atoms. The summed E-state index contributed by atoms with van der Waals surface area (Å²) < 4.78 is 0. The molecule has 0 radical (unpaired) electrons. The molecule has 0 fully saturated rings. The third-order valence-corrected chi connectivity index (χ3v) is 4.18. The van der Waals surface area contributed by atoms with Gasteiger partial charge in [0.15, 0.2) is 6.29 Å². The van der Waals surface area contributed by atoms with Crippen molar-refractivity contribution in [1.82, 2.24) is 0 Å². The van der Waals surface area contributed by atoms with Crippen LogP contribution in [-0.4, -0.2) is 22.3 Å². The number of alkyl halides is 1. The molecular weight excluding hydrogens is 339 g/mol. The Morgan fingerprint density at radius 1 is 1.04 bits per heavy atom. The van der Waals surface area contributed by atoms with E-state index in [2.05, 4.69) is 0 Å². The standard InChI is InChI=1S/C17H10Cl2O4/c18-6-8-1-9-3-11-12(4-10(19)5-13(11)21)17(15(23)7-20)16(9)14(22)2-8/h1-5,7,21-22H,6H2. The minimum atomic E-state index is -0.809. The lowest BCUT2D eigenvalue weighted by Crippen LogP contribution is -2.03. The van der Waals surface area contributed by atoms with Crippen LogP contribution in [0, 0.1) is 0 Å². The van der Waals surface area contributed by atoms with Crippen LogP contribution in [0.25, 0.3) is 21.5 Å². The first-order valence-corrected chi connectivity index (χ1v) is 7.53. The van der Waals surface area contributed by atoms with Crippen molar-refractivity contribution in [3.8, 4) is 11.5 Å². The number of phenols is 2. The number of carbonyl (C=O) groups excluding carboxylic acids is 2. The topological polar surface area (TPSA) is 74.6 Å². The second-order valence-corrected chi connectivity index (χ2v) is 5.80. The molecule has 0 spiro atoms. The van der Waals surface area contributed by atoms with Gasteiger partial charge < -0.3 is 10.2 Å². The highest BCUT2D eigenvalue weighted by Crippen LogP contribution is 2.39. The summed E-state index contributed by atoms with van der Waals surface area (Å²) in [4.78, 5) is 23.2. The first-order valence-electron chi connectivity index (χ1n) is 6.62. The predicted molar refractivity (Wildman–Crippen MR) is 89.7 cm³/mol. The van der Waals surface area contributed by atoms with Gasteiger partial charge in [0, 0.05) is 27.2 Å². The molecule has 4 nitrogen and oxygen atoms in total. The molecule has 116 valence electrons. The quantitative estimate of drug-likeness (QED) is 0.245. The Morgan fingerprint density at radius 2 is 1.78 bits per heavy atom. The van der Waals surface area contributed by atoms with Crippen LogP contribution in [0.4, 0.5) is 0 Å². The fourth-order valence-electron chi connectivity index (χ4n) is 2.74. The van der Waals surface area contributed by atoms with Gasteiger partial charge in [-0.1, -0.05) is 11.6 Å². The summed E-state index contributed by atoms with van der Waals surface area (Å²) in [6.07, 6.45) is 0.168. The number of fused-ring (bicyclic) bond motifs is 2. The maximum Gasteiger partial charge on any atom is 0.226 e. The van der Waals surface area contributed by atoms with Crippen molar-refractivity contribution in [3.63, 3.8) is 0 Å². The molecule has 3 aromatic rings. The fraction of sp³-hybridized carbons (Fsp3) is 0.0588. The molecule has 6 heteroatoms. The lowest BCUT2D eigenvalue weighted by molar-refractivity contribution is -0.104. The molecule has 3 rings (SSSR count). The van der Waals surface area contributed by atoms with Crippen molar-refractivity contribution in [3.05, 3.63) is 46.5 Å². The maximum atomic E-state index is 12.1. The van der Waals surface area contributed by atoms with Crippen molar-refractivity contribution in [2.24, 2.45) is 0 Å². The van der Waals surface area contributed by atoms with Gasteiger partial charge in [0.1, 0.15) is 11.5 Å². The van der Waals surface area contributed by atoms with Crippen LogP contribution in [0.3, 0.4) is 0 Å². The minimum absolute atomic E-state index is 0.00363. The molecule has 3 aromatic carbocycles. The van der Waals surface area contributed by atoms with E-state index in [0.29, 0.717) is 21.7 Å². The van der Waals surface area contributed by atoms with Gasteiger partial charge in [-0.05, 0) is 46.7 Å². The van der Waals surface area contributed by atoms with Gasteiger partial charge in [-0.25, -0.2) is 0 Å². The highest BCUT2D eigenvalue weighted by atomic mass is 35.5. The van der Waals surface area contributed by atoms with Crippen LogP contribution < -0.4 is 0 Å². The molecule has 0 aliphatic heterocycles. The van der Waals surface area contributed by atoms with E-state index >= 15 is 0 Å². The molecule has 0 unspecified atom stereocenters. The number of phenolic OH excluding ortho intramolecular Hbond substituents is 2. The van der Waals surface area contributed by atoms with Crippen molar-refractivity contribution in [2.75, 3.05) is 0 Å². The van der Waals surface area contributed by atoms with E-state index in [0.717, 1.165) is 0 Å². The molecule has 0 heterocycles. The molecule has 0 saturated carbocycles. The van der Waals surface area contributed by atoms with Gasteiger partial charge in [-0.2, -0.15) is 0 Å². The Morgan fingerprint density at radius 3 is 2.43 bits per heavy atom. The molecule has 0 aromatic heterocycles. The lowest BCUT2D eigenvalue weighted by atomic mass is 9.92. The Bertz CT molecular complexity index is 980. The van der Waals surface area contributed by atoms with E-state index < -0.39 is 5.78 Å². The summed E-state index contributed by atoms with van der Waals surface area (Å²) in [5.74, 6) is -0.920. The van der Waals surface area contributed by atoms with Gasteiger partial charge in [-0.15, -0.1) is 11.6 Å². The Labute approximate surface area is 140 Å². The first-order chi connectivity index (χ1) is 11.0. The van der Waals surface area contributed by atoms with Gasteiger partial charge in [0.2, 0.25) is 5.78 Å². The summed E-state index contributed by atoms with van der Waals surface area (Å²) in [5.41, 5.74) is 0.651. The van der Waals surface area contributed by atoms with Gasteiger partial charge >= 0.3 is 0 Å². The monoisotopic (exact) mass is 348 g/mol. The van der Waals surface area contributed by atoms with Crippen LogP contribution in [0.5, 0.6) is 11.5 Å². The number of rotatable bonds is 3. The van der Waals surface area contributed by atoms with E-state index in [-0.39, 0.29) is 39.6 Å². The second-order valence-electron chi connectivity index (χ2n) is 5.10. The SMILES string of the molecule is O=CC(=O)c1c2cc(Cl)cc(O)c2cc2cc(CCl)cc(O)c12. The Hall–Kier alpha value is -2.30. The largest absolute Gasteiger partial charge is 0.507 e.